The van der Waals surface area contributed by atoms with Gasteiger partial charge in [-0.25, -0.2) is 0 Å². The number of benzene rings is 1. The van der Waals surface area contributed by atoms with Crippen LogP contribution in [0.5, 0.6) is 5.75 Å². The Morgan fingerprint density at radius 2 is 1.73 bits per heavy atom. The Labute approximate surface area is 128 Å². The van der Waals surface area contributed by atoms with E-state index in [1.54, 1.807) is 0 Å². The summed E-state index contributed by atoms with van der Waals surface area (Å²) in [6.45, 7) is 0.217. The van der Waals surface area contributed by atoms with E-state index in [2.05, 4.69) is 22.3 Å². The van der Waals surface area contributed by atoms with Gasteiger partial charge in [0, 0.05) is 6.07 Å². The maximum atomic E-state index is 11.3. The van der Waals surface area contributed by atoms with Gasteiger partial charge in [-0.3, -0.25) is 19.8 Å². The van der Waals surface area contributed by atoms with Crippen molar-refractivity contribution in [2.24, 2.45) is 0 Å². The van der Waals surface area contributed by atoms with Crippen LogP contribution in [0.1, 0.15) is 49.3 Å². The van der Waals surface area contributed by atoms with Crippen molar-refractivity contribution in [3.05, 3.63) is 62.2 Å². The van der Waals surface area contributed by atoms with Gasteiger partial charge in [-0.2, -0.15) is 0 Å². The lowest BCUT2D eigenvalue weighted by molar-refractivity contribution is 0.299. The van der Waals surface area contributed by atoms with E-state index in [9.17, 15) is 9.59 Å². The number of nitrogens with one attached hydrogen (secondary N) is 2. The first-order valence-corrected chi connectivity index (χ1v) is 7.76. The van der Waals surface area contributed by atoms with Gasteiger partial charge in [-0.1, -0.05) is 31.4 Å². The highest BCUT2D eigenvalue weighted by molar-refractivity contribution is 5.29. The van der Waals surface area contributed by atoms with Crippen LogP contribution in [0.15, 0.2) is 39.9 Å². The molecule has 0 radical (unpaired) electrons. The Kier molecular flexibility index (Phi) is 4.42. The quantitative estimate of drug-likeness (QED) is 0.852. The number of ether oxygens (including phenoxy) is 1. The molecule has 2 aromatic rings. The molecule has 5 nitrogen and oxygen atoms in total. The van der Waals surface area contributed by atoms with Crippen molar-refractivity contribution in [2.75, 3.05) is 0 Å². The second-order valence-electron chi connectivity index (χ2n) is 5.81. The molecule has 2 N–H and O–H groups in total. The first-order chi connectivity index (χ1) is 10.7. The molecule has 1 aromatic heterocycles. The van der Waals surface area contributed by atoms with Crippen molar-refractivity contribution in [1.82, 2.24) is 10.2 Å². The van der Waals surface area contributed by atoms with E-state index in [0.717, 1.165) is 5.75 Å². The minimum absolute atomic E-state index is 0.217. The molecule has 1 saturated carbocycles. The predicted molar refractivity (Wildman–Crippen MR) is 84.3 cm³/mol. The second-order valence-corrected chi connectivity index (χ2v) is 5.81. The molecule has 0 spiro atoms. The fourth-order valence-corrected chi connectivity index (χ4v) is 2.97. The standard InChI is InChI=1S/C17H20N2O3/c20-16-10-14(18-19-17(16)21)11-22-15-8-6-13(7-9-15)12-4-2-1-3-5-12/h6-10,12H,1-5,11H2,(H,18,20)(H,19,21). The van der Waals surface area contributed by atoms with Gasteiger partial charge in [0.05, 0.1) is 5.69 Å². The molecule has 1 aliphatic carbocycles. The smallest absolute Gasteiger partial charge is 0.310 e. The summed E-state index contributed by atoms with van der Waals surface area (Å²) >= 11 is 0. The normalized spacial score (nSPS) is 15.6. The molecule has 0 atom stereocenters. The fraction of sp³-hybridized carbons (Fsp3) is 0.412. The first-order valence-electron chi connectivity index (χ1n) is 7.76. The summed E-state index contributed by atoms with van der Waals surface area (Å²) in [4.78, 5) is 22.2. The molecule has 3 rings (SSSR count). The van der Waals surface area contributed by atoms with Crippen LogP contribution in [0.25, 0.3) is 0 Å². The van der Waals surface area contributed by atoms with Crippen LogP contribution in [0, 0.1) is 0 Å². The molecule has 5 heteroatoms. The number of H-pyrrole nitrogens is 2. The topological polar surface area (TPSA) is 75.0 Å². The zero-order valence-electron chi connectivity index (χ0n) is 12.4. The number of rotatable bonds is 4. The molecular formula is C17H20N2O3. The van der Waals surface area contributed by atoms with E-state index in [1.807, 2.05) is 12.1 Å². The average Bonchev–Trinajstić information content (AvgIpc) is 2.57. The molecule has 0 saturated heterocycles. The summed E-state index contributed by atoms with van der Waals surface area (Å²) in [5.74, 6) is 1.44. The third-order valence-corrected chi connectivity index (χ3v) is 4.22. The second kappa shape index (κ2) is 6.64. The minimum atomic E-state index is -0.652. The third-order valence-electron chi connectivity index (χ3n) is 4.22. The Morgan fingerprint density at radius 1 is 1.00 bits per heavy atom. The number of hydrogen-bond acceptors (Lipinski definition) is 3. The van der Waals surface area contributed by atoms with E-state index < -0.39 is 11.0 Å². The maximum absolute atomic E-state index is 11.3. The van der Waals surface area contributed by atoms with Gasteiger partial charge in [0.2, 0.25) is 5.43 Å². The van der Waals surface area contributed by atoms with E-state index in [1.165, 1.54) is 43.7 Å². The van der Waals surface area contributed by atoms with Crippen LogP contribution in [-0.2, 0) is 6.61 Å². The molecule has 116 valence electrons. The highest BCUT2D eigenvalue weighted by atomic mass is 16.5. The van der Waals surface area contributed by atoms with Crippen molar-refractivity contribution in [1.29, 1.82) is 0 Å². The highest BCUT2D eigenvalue weighted by Gasteiger charge is 2.15. The number of aromatic amines is 2. The lowest BCUT2D eigenvalue weighted by Gasteiger charge is -2.22. The van der Waals surface area contributed by atoms with Gasteiger partial charge in [-0.05, 0) is 36.5 Å². The summed E-state index contributed by atoms with van der Waals surface area (Å²) in [7, 11) is 0. The molecule has 1 aromatic carbocycles. The molecule has 1 fully saturated rings. The summed E-state index contributed by atoms with van der Waals surface area (Å²) < 4.78 is 5.64. The fourth-order valence-electron chi connectivity index (χ4n) is 2.97. The van der Waals surface area contributed by atoms with Crippen LogP contribution >= 0.6 is 0 Å². The highest BCUT2D eigenvalue weighted by Crippen LogP contribution is 2.33. The average molecular weight is 300 g/mol. The van der Waals surface area contributed by atoms with Gasteiger partial charge in [0.1, 0.15) is 12.4 Å². The molecule has 0 unspecified atom stereocenters. The minimum Gasteiger partial charge on any atom is -0.487 e. The summed E-state index contributed by atoms with van der Waals surface area (Å²) in [6.07, 6.45) is 6.55. The van der Waals surface area contributed by atoms with Crippen molar-refractivity contribution < 1.29 is 4.74 Å². The van der Waals surface area contributed by atoms with Crippen molar-refractivity contribution >= 4 is 0 Å². The predicted octanol–water partition coefficient (Wildman–Crippen LogP) is 2.69. The van der Waals surface area contributed by atoms with Gasteiger partial charge < -0.3 is 4.74 Å². The van der Waals surface area contributed by atoms with Gasteiger partial charge in [0.15, 0.2) is 0 Å². The van der Waals surface area contributed by atoms with Gasteiger partial charge >= 0.3 is 5.56 Å². The van der Waals surface area contributed by atoms with Crippen LogP contribution in [0.3, 0.4) is 0 Å². The Hall–Kier alpha value is -2.30. The molecule has 1 aliphatic rings. The van der Waals surface area contributed by atoms with E-state index >= 15 is 0 Å². The molecule has 22 heavy (non-hydrogen) atoms. The first kappa shape index (κ1) is 14.6. The summed E-state index contributed by atoms with van der Waals surface area (Å²) in [5.41, 5.74) is 0.705. The van der Waals surface area contributed by atoms with Gasteiger partial charge in [0.25, 0.3) is 0 Å². The van der Waals surface area contributed by atoms with Gasteiger partial charge in [-0.15, -0.1) is 0 Å². The SMILES string of the molecule is O=c1cc(COc2ccc(C3CCCCC3)cc2)[nH][nH]c1=O. The molecule has 1 heterocycles. The van der Waals surface area contributed by atoms with Crippen LogP contribution < -0.4 is 15.7 Å². The van der Waals surface area contributed by atoms with Crippen molar-refractivity contribution in [3.63, 3.8) is 0 Å². The molecule has 0 bridgehead atoms. The number of hydrogen-bond donors (Lipinski definition) is 2. The summed E-state index contributed by atoms with van der Waals surface area (Å²) in [5, 5.41) is 4.93. The largest absolute Gasteiger partial charge is 0.487 e. The summed E-state index contributed by atoms with van der Waals surface area (Å²) in [6, 6.07) is 9.44. The lowest BCUT2D eigenvalue weighted by atomic mass is 9.84. The Morgan fingerprint density at radius 3 is 2.41 bits per heavy atom. The third kappa shape index (κ3) is 3.47. The molecule has 0 aliphatic heterocycles. The van der Waals surface area contributed by atoms with E-state index in [4.69, 9.17) is 4.74 Å². The Balaban J connectivity index is 1.62. The van der Waals surface area contributed by atoms with E-state index in [-0.39, 0.29) is 6.61 Å². The monoisotopic (exact) mass is 300 g/mol. The Bertz CT molecular complexity index is 725. The molecular weight excluding hydrogens is 280 g/mol. The van der Waals surface area contributed by atoms with Crippen LogP contribution in [0.4, 0.5) is 0 Å². The van der Waals surface area contributed by atoms with Crippen LogP contribution in [-0.4, -0.2) is 10.2 Å². The lowest BCUT2D eigenvalue weighted by Crippen LogP contribution is -2.28. The van der Waals surface area contributed by atoms with Crippen molar-refractivity contribution in [2.45, 2.75) is 44.6 Å². The van der Waals surface area contributed by atoms with Crippen LogP contribution in [0.2, 0.25) is 0 Å². The zero-order chi connectivity index (χ0) is 15.4. The number of aromatic nitrogens is 2. The van der Waals surface area contributed by atoms with Crippen molar-refractivity contribution in [3.8, 4) is 5.75 Å². The zero-order valence-corrected chi connectivity index (χ0v) is 12.4. The van der Waals surface area contributed by atoms with E-state index in [0.29, 0.717) is 11.6 Å². The maximum Gasteiger partial charge on any atom is 0.310 e. The molecule has 0 amide bonds.